The fourth-order valence-electron chi connectivity index (χ4n) is 2.99. The lowest BCUT2D eigenvalue weighted by molar-refractivity contribution is 0.190. The number of hydrogen-bond donors (Lipinski definition) is 2. The van der Waals surface area contributed by atoms with Crippen LogP contribution in [0.4, 0.5) is 39.8 Å². The molecule has 174 valence electrons. The predicted molar refractivity (Wildman–Crippen MR) is 114 cm³/mol. The fraction of sp³-hybridized carbons (Fsp3) is 0.227. The molecular weight excluding hydrogens is 442 g/mol. The number of urea groups is 1. The first-order valence-electron chi connectivity index (χ1n) is 9.84. The molecule has 2 N–H and O–H groups in total. The summed E-state index contributed by atoms with van der Waals surface area (Å²) in [5.41, 5.74) is -0.132. The molecule has 0 fully saturated rings. The van der Waals surface area contributed by atoms with Crippen molar-refractivity contribution in [1.29, 1.82) is 0 Å². The molecule has 0 saturated heterocycles. The Balaban J connectivity index is 1.89. The number of nitrogens with one attached hydrogen (secondary N) is 2. The molecule has 0 aliphatic heterocycles. The summed E-state index contributed by atoms with van der Waals surface area (Å²) in [7, 11) is 1.55. The van der Waals surface area contributed by atoms with Gasteiger partial charge >= 0.3 is 6.03 Å². The standard InChI is InChI=1S/C22H21F4N5O2/c1-13(12-33-2)29-21-27-8-7-19(30-21)31(17-5-3-15(23)4-6-17)22(32)28-11-14-9-16(24)10-18(25)20(14)26/h3-10,13H,11-12H2,1-2H3,(H,28,32)(H,27,29,30). The molecule has 0 bridgehead atoms. The van der Waals surface area contributed by atoms with E-state index in [2.05, 4.69) is 20.6 Å². The summed E-state index contributed by atoms with van der Waals surface area (Å²) in [6.45, 7) is 1.72. The van der Waals surface area contributed by atoms with Gasteiger partial charge in [0.2, 0.25) is 5.95 Å². The second-order valence-corrected chi connectivity index (χ2v) is 7.07. The quantitative estimate of drug-likeness (QED) is 0.379. The summed E-state index contributed by atoms with van der Waals surface area (Å²) >= 11 is 0. The number of anilines is 3. The number of hydrogen-bond acceptors (Lipinski definition) is 5. The number of rotatable bonds is 8. The lowest BCUT2D eigenvalue weighted by Gasteiger charge is -2.23. The molecule has 33 heavy (non-hydrogen) atoms. The van der Waals surface area contributed by atoms with E-state index in [1.165, 1.54) is 24.4 Å². The van der Waals surface area contributed by atoms with Gasteiger partial charge in [-0.15, -0.1) is 0 Å². The Morgan fingerprint density at radius 2 is 1.82 bits per heavy atom. The van der Waals surface area contributed by atoms with Crippen molar-refractivity contribution in [2.75, 3.05) is 23.9 Å². The summed E-state index contributed by atoms with van der Waals surface area (Å²) < 4.78 is 59.4. The van der Waals surface area contributed by atoms with Crippen LogP contribution in [0.15, 0.2) is 48.7 Å². The molecule has 1 heterocycles. The van der Waals surface area contributed by atoms with Gasteiger partial charge in [0.05, 0.1) is 12.3 Å². The number of ether oxygens (including phenoxy) is 1. The van der Waals surface area contributed by atoms with Crippen molar-refractivity contribution < 1.29 is 27.1 Å². The minimum Gasteiger partial charge on any atom is -0.383 e. The molecule has 0 radical (unpaired) electrons. The maximum absolute atomic E-state index is 14.0. The van der Waals surface area contributed by atoms with Crippen LogP contribution in [0.25, 0.3) is 0 Å². The normalized spacial score (nSPS) is 11.7. The van der Waals surface area contributed by atoms with Crippen LogP contribution < -0.4 is 15.5 Å². The molecule has 2 aromatic carbocycles. The Bertz CT molecular complexity index is 1110. The van der Waals surface area contributed by atoms with Gasteiger partial charge in [0.1, 0.15) is 17.5 Å². The van der Waals surface area contributed by atoms with E-state index >= 15 is 0 Å². The Hall–Kier alpha value is -3.73. The van der Waals surface area contributed by atoms with Crippen LogP contribution in [0, 0.1) is 23.3 Å². The number of nitrogens with zero attached hydrogens (tertiary/aromatic N) is 3. The molecule has 0 aliphatic carbocycles. The van der Waals surface area contributed by atoms with Crippen molar-refractivity contribution in [1.82, 2.24) is 15.3 Å². The summed E-state index contributed by atoms with van der Waals surface area (Å²) in [6.07, 6.45) is 1.41. The molecule has 11 heteroatoms. The number of halogens is 4. The van der Waals surface area contributed by atoms with Gasteiger partial charge in [-0.25, -0.2) is 32.2 Å². The topological polar surface area (TPSA) is 79.4 Å². The van der Waals surface area contributed by atoms with Crippen molar-refractivity contribution in [3.05, 3.63) is 77.5 Å². The molecule has 1 atom stereocenters. The Morgan fingerprint density at radius 1 is 1.09 bits per heavy atom. The van der Waals surface area contributed by atoms with Crippen LogP contribution >= 0.6 is 0 Å². The van der Waals surface area contributed by atoms with E-state index in [-0.39, 0.29) is 29.1 Å². The van der Waals surface area contributed by atoms with Gasteiger partial charge in [-0.3, -0.25) is 0 Å². The zero-order valence-corrected chi connectivity index (χ0v) is 17.8. The van der Waals surface area contributed by atoms with Crippen LogP contribution in [0.3, 0.4) is 0 Å². The molecule has 3 aromatic rings. The van der Waals surface area contributed by atoms with Crippen molar-refractivity contribution in [2.45, 2.75) is 19.5 Å². The average molecular weight is 463 g/mol. The SMILES string of the molecule is COCC(C)Nc1nccc(N(C(=O)NCc2cc(F)cc(F)c2F)c2ccc(F)cc2)n1. The third-order valence-corrected chi connectivity index (χ3v) is 4.45. The molecule has 1 unspecified atom stereocenters. The number of benzene rings is 2. The van der Waals surface area contributed by atoms with Gasteiger partial charge in [0.25, 0.3) is 0 Å². The highest BCUT2D eigenvalue weighted by Gasteiger charge is 2.21. The minimum atomic E-state index is -1.37. The Morgan fingerprint density at radius 3 is 2.52 bits per heavy atom. The van der Waals surface area contributed by atoms with E-state index < -0.39 is 35.8 Å². The summed E-state index contributed by atoms with van der Waals surface area (Å²) in [5, 5.41) is 5.42. The smallest absolute Gasteiger partial charge is 0.327 e. The summed E-state index contributed by atoms with van der Waals surface area (Å²) in [5.74, 6) is -3.82. The number of carbonyl (C=O) groups excluding carboxylic acids is 1. The molecule has 2 amide bonds. The minimum absolute atomic E-state index is 0.118. The predicted octanol–water partition coefficient (Wildman–Crippen LogP) is 4.53. The van der Waals surface area contributed by atoms with Gasteiger partial charge in [0.15, 0.2) is 11.6 Å². The Labute approximate surface area is 187 Å². The zero-order chi connectivity index (χ0) is 24.0. The number of carbonyl (C=O) groups is 1. The van der Waals surface area contributed by atoms with Crippen LogP contribution in [0.2, 0.25) is 0 Å². The van der Waals surface area contributed by atoms with Crippen LogP contribution in [-0.2, 0) is 11.3 Å². The lowest BCUT2D eigenvalue weighted by atomic mass is 10.2. The van der Waals surface area contributed by atoms with Crippen LogP contribution in [0.1, 0.15) is 12.5 Å². The van der Waals surface area contributed by atoms with Crippen molar-refractivity contribution in [2.24, 2.45) is 0 Å². The highest BCUT2D eigenvalue weighted by atomic mass is 19.2. The zero-order valence-electron chi connectivity index (χ0n) is 17.8. The fourth-order valence-corrected chi connectivity index (χ4v) is 2.99. The molecule has 1 aromatic heterocycles. The summed E-state index contributed by atoms with van der Waals surface area (Å²) in [6, 6.07) is 6.70. The van der Waals surface area contributed by atoms with E-state index in [1.807, 2.05) is 6.92 Å². The molecule has 7 nitrogen and oxygen atoms in total. The van der Waals surface area contributed by atoms with Gasteiger partial charge in [-0.2, -0.15) is 4.98 Å². The first-order valence-corrected chi connectivity index (χ1v) is 9.84. The molecule has 0 aliphatic rings. The highest BCUT2D eigenvalue weighted by molar-refractivity contribution is 5.98. The van der Waals surface area contributed by atoms with Crippen LogP contribution in [-0.4, -0.2) is 35.8 Å². The third kappa shape index (κ3) is 6.16. The molecular formula is C22H21F4N5O2. The third-order valence-electron chi connectivity index (χ3n) is 4.45. The highest BCUT2D eigenvalue weighted by Crippen LogP contribution is 2.25. The second-order valence-electron chi connectivity index (χ2n) is 7.07. The van der Waals surface area contributed by atoms with E-state index in [4.69, 9.17) is 4.74 Å². The summed E-state index contributed by atoms with van der Waals surface area (Å²) in [4.78, 5) is 22.5. The van der Waals surface area contributed by atoms with E-state index in [0.717, 1.165) is 23.1 Å². The lowest BCUT2D eigenvalue weighted by Crippen LogP contribution is -2.37. The molecule has 0 spiro atoms. The number of aromatic nitrogens is 2. The average Bonchev–Trinajstić information content (AvgIpc) is 2.77. The van der Waals surface area contributed by atoms with Gasteiger partial charge in [-0.05, 0) is 37.3 Å². The van der Waals surface area contributed by atoms with Crippen molar-refractivity contribution in [3.8, 4) is 0 Å². The molecule has 0 saturated carbocycles. The monoisotopic (exact) mass is 463 g/mol. The maximum atomic E-state index is 14.0. The van der Waals surface area contributed by atoms with Crippen LogP contribution in [0.5, 0.6) is 0 Å². The Kier molecular flexibility index (Phi) is 7.78. The molecule has 3 rings (SSSR count). The maximum Gasteiger partial charge on any atom is 0.327 e. The van der Waals surface area contributed by atoms with Gasteiger partial charge in [0, 0.05) is 43.6 Å². The first-order chi connectivity index (χ1) is 15.8. The van der Waals surface area contributed by atoms with Crippen molar-refractivity contribution >= 4 is 23.5 Å². The number of amides is 2. The van der Waals surface area contributed by atoms with Gasteiger partial charge in [-0.1, -0.05) is 0 Å². The van der Waals surface area contributed by atoms with E-state index in [1.54, 1.807) is 7.11 Å². The van der Waals surface area contributed by atoms with E-state index in [9.17, 15) is 22.4 Å². The van der Waals surface area contributed by atoms with Crippen molar-refractivity contribution in [3.63, 3.8) is 0 Å². The van der Waals surface area contributed by atoms with E-state index in [0.29, 0.717) is 12.7 Å². The number of methoxy groups -OCH3 is 1. The first kappa shape index (κ1) is 23.9. The largest absolute Gasteiger partial charge is 0.383 e. The van der Waals surface area contributed by atoms with Gasteiger partial charge < -0.3 is 15.4 Å². The second kappa shape index (κ2) is 10.7.